The van der Waals surface area contributed by atoms with Crippen LogP contribution in [-0.2, 0) is 21.4 Å². The van der Waals surface area contributed by atoms with Crippen LogP contribution in [-0.4, -0.2) is 59.3 Å². The van der Waals surface area contributed by atoms with Gasteiger partial charge in [0.15, 0.2) is 0 Å². The third kappa shape index (κ3) is 4.22. The topological polar surface area (TPSA) is 75.5 Å². The van der Waals surface area contributed by atoms with Gasteiger partial charge < -0.3 is 9.47 Å². The zero-order valence-electron chi connectivity index (χ0n) is 18.2. The number of nitrogens with zero attached hydrogens (tertiary/aromatic N) is 4. The lowest BCUT2D eigenvalue weighted by atomic mass is 10.2. The summed E-state index contributed by atoms with van der Waals surface area (Å²) in [4.78, 5) is 18.8. The molecule has 3 aromatic rings. The Morgan fingerprint density at radius 2 is 1.81 bits per heavy atom. The van der Waals surface area contributed by atoms with E-state index in [1.165, 1.54) is 22.5 Å². The molecule has 2 aromatic heterocycles. The number of carbonyl (C=O) groups excluding carboxylic acids is 1. The van der Waals surface area contributed by atoms with Crippen molar-refractivity contribution in [3.63, 3.8) is 0 Å². The van der Waals surface area contributed by atoms with Crippen LogP contribution >= 0.6 is 11.3 Å². The van der Waals surface area contributed by atoms with E-state index >= 15 is 0 Å². The van der Waals surface area contributed by atoms with Crippen molar-refractivity contribution in [1.29, 1.82) is 0 Å². The Bertz CT molecular complexity index is 1260. The third-order valence-corrected chi connectivity index (χ3v) is 8.51. The van der Waals surface area contributed by atoms with E-state index in [1.807, 2.05) is 36.8 Å². The highest BCUT2D eigenvalue weighted by Crippen LogP contribution is 2.28. The Kier molecular flexibility index (Phi) is 6.19. The number of piperazine rings is 1. The van der Waals surface area contributed by atoms with Gasteiger partial charge in [0, 0.05) is 48.5 Å². The van der Waals surface area contributed by atoms with Crippen molar-refractivity contribution < 1.29 is 17.6 Å². The van der Waals surface area contributed by atoms with Gasteiger partial charge in [-0.3, -0.25) is 4.79 Å². The molecule has 0 radical (unpaired) electrons. The summed E-state index contributed by atoms with van der Waals surface area (Å²) in [5.41, 5.74) is 3.87. The molecule has 1 saturated heterocycles. The zero-order chi connectivity index (χ0) is 23.0. The van der Waals surface area contributed by atoms with Crippen LogP contribution in [0.1, 0.15) is 16.4 Å². The van der Waals surface area contributed by atoms with E-state index in [0.717, 1.165) is 33.7 Å². The molecule has 0 saturated carbocycles. The Labute approximate surface area is 191 Å². The van der Waals surface area contributed by atoms with E-state index in [2.05, 4.69) is 4.98 Å². The van der Waals surface area contributed by atoms with Crippen molar-refractivity contribution >= 4 is 27.3 Å². The van der Waals surface area contributed by atoms with Crippen molar-refractivity contribution in [1.82, 2.24) is 18.8 Å². The van der Waals surface area contributed by atoms with Gasteiger partial charge in [0.2, 0.25) is 15.9 Å². The number of carbonyl (C=O) groups is 1. The maximum Gasteiger partial charge on any atom is 0.246 e. The van der Waals surface area contributed by atoms with Crippen LogP contribution in [0.3, 0.4) is 0 Å². The maximum absolute atomic E-state index is 14.0. The van der Waals surface area contributed by atoms with Crippen molar-refractivity contribution in [2.24, 2.45) is 0 Å². The normalized spacial score (nSPS) is 15.3. The van der Waals surface area contributed by atoms with Gasteiger partial charge in [0.1, 0.15) is 17.3 Å². The lowest BCUT2D eigenvalue weighted by Crippen LogP contribution is -2.51. The molecule has 4 rings (SSSR count). The van der Waals surface area contributed by atoms with Gasteiger partial charge in [0.25, 0.3) is 0 Å². The minimum atomic E-state index is -3.93. The van der Waals surface area contributed by atoms with Crippen molar-refractivity contribution in [3.05, 3.63) is 57.9 Å². The molecule has 3 heterocycles. The van der Waals surface area contributed by atoms with E-state index < -0.39 is 15.8 Å². The molecular weight excluding hydrogens is 451 g/mol. The van der Waals surface area contributed by atoms with Gasteiger partial charge >= 0.3 is 0 Å². The van der Waals surface area contributed by atoms with Crippen LogP contribution in [0.5, 0.6) is 0 Å². The standard InChI is InChI=1S/C22H25FN4O3S2/c1-15-12-18(20-14-31-17(3)24-20)16(2)27(15)13-22(28)25-8-10-26(11-9-25)32(29,30)21-7-5-4-6-19(21)23/h4-7,12,14H,8-11,13H2,1-3H3. The SMILES string of the molecule is Cc1nc(-c2cc(C)n(CC(=O)N3CCN(S(=O)(=O)c4ccccc4F)CC3)c2C)cs1. The summed E-state index contributed by atoms with van der Waals surface area (Å²) in [6.07, 6.45) is 0. The summed E-state index contributed by atoms with van der Waals surface area (Å²) in [5.74, 6) is -0.841. The quantitative estimate of drug-likeness (QED) is 0.567. The first-order valence-corrected chi connectivity index (χ1v) is 12.6. The maximum atomic E-state index is 14.0. The highest BCUT2D eigenvalue weighted by Gasteiger charge is 2.32. The average Bonchev–Trinajstić information content (AvgIpc) is 3.32. The molecule has 170 valence electrons. The largest absolute Gasteiger partial charge is 0.339 e. The lowest BCUT2D eigenvalue weighted by molar-refractivity contribution is -0.133. The molecule has 0 spiro atoms. The fraction of sp³-hybridized carbons (Fsp3) is 0.364. The Balaban J connectivity index is 1.44. The number of hydrogen-bond donors (Lipinski definition) is 0. The van der Waals surface area contributed by atoms with Crippen LogP contribution in [0.15, 0.2) is 40.6 Å². The number of benzene rings is 1. The first kappa shape index (κ1) is 22.6. The Morgan fingerprint density at radius 3 is 2.44 bits per heavy atom. The van der Waals surface area contributed by atoms with Crippen molar-refractivity contribution in [2.75, 3.05) is 26.2 Å². The molecule has 1 aliphatic heterocycles. The van der Waals surface area contributed by atoms with Gasteiger partial charge in [-0.2, -0.15) is 4.31 Å². The molecular formula is C22H25FN4O3S2. The molecule has 0 aliphatic carbocycles. The minimum absolute atomic E-state index is 0.0734. The lowest BCUT2D eigenvalue weighted by Gasteiger charge is -2.34. The summed E-state index contributed by atoms with van der Waals surface area (Å²) in [6.45, 7) is 6.88. The Hall–Kier alpha value is -2.56. The fourth-order valence-electron chi connectivity index (χ4n) is 4.00. The van der Waals surface area contributed by atoms with Crippen LogP contribution in [0, 0.1) is 26.6 Å². The molecule has 0 bridgehead atoms. The molecule has 1 aliphatic rings. The summed E-state index contributed by atoms with van der Waals surface area (Å²) in [6, 6.07) is 7.39. The van der Waals surface area contributed by atoms with Gasteiger partial charge in [-0.15, -0.1) is 11.3 Å². The molecule has 0 unspecified atom stereocenters. The number of aromatic nitrogens is 2. The number of amides is 1. The number of aryl methyl sites for hydroxylation is 2. The minimum Gasteiger partial charge on any atom is -0.339 e. The third-order valence-electron chi connectivity index (χ3n) is 5.81. The van der Waals surface area contributed by atoms with Gasteiger partial charge in [-0.05, 0) is 39.0 Å². The average molecular weight is 477 g/mol. The molecule has 1 aromatic carbocycles. The van der Waals surface area contributed by atoms with Crippen LogP contribution in [0.4, 0.5) is 4.39 Å². The number of rotatable bonds is 5. The monoisotopic (exact) mass is 476 g/mol. The smallest absolute Gasteiger partial charge is 0.246 e. The van der Waals surface area contributed by atoms with E-state index in [-0.39, 0.29) is 43.5 Å². The molecule has 1 amide bonds. The number of thiazole rings is 1. The predicted octanol–water partition coefficient (Wildman–Crippen LogP) is 3.21. The second-order valence-electron chi connectivity index (χ2n) is 7.84. The molecule has 32 heavy (non-hydrogen) atoms. The summed E-state index contributed by atoms with van der Waals surface area (Å²) in [7, 11) is -3.93. The molecule has 10 heteroatoms. The number of halogens is 1. The predicted molar refractivity (Wildman–Crippen MR) is 121 cm³/mol. The molecule has 1 fully saturated rings. The first-order valence-electron chi connectivity index (χ1n) is 10.3. The van der Waals surface area contributed by atoms with Gasteiger partial charge in [-0.25, -0.2) is 17.8 Å². The second kappa shape index (κ2) is 8.76. The van der Waals surface area contributed by atoms with E-state index in [0.29, 0.717) is 0 Å². The van der Waals surface area contributed by atoms with E-state index in [4.69, 9.17) is 0 Å². The number of hydrogen-bond acceptors (Lipinski definition) is 5. The molecule has 0 atom stereocenters. The fourth-order valence-corrected chi connectivity index (χ4v) is 6.10. The van der Waals surface area contributed by atoms with Gasteiger partial charge in [-0.1, -0.05) is 12.1 Å². The second-order valence-corrected chi connectivity index (χ2v) is 10.8. The highest BCUT2D eigenvalue weighted by atomic mass is 32.2. The van der Waals surface area contributed by atoms with Crippen LogP contribution < -0.4 is 0 Å². The summed E-state index contributed by atoms with van der Waals surface area (Å²) < 4.78 is 42.8. The first-order chi connectivity index (χ1) is 15.2. The highest BCUT2D eigenvalue weighted by molar-refractivity contribution is 7.89. The zero-order valence-corrected chi connectivity index (χ0v) is 19.8. The van der Waals surface area contributed by atoms with Crippen molar-refractivity contribution in [2.45, 2.75) is 32.2 Å². The van der Waals surface area contributed by atoms with Crippen LogP contribution in [0.25, 0.3) is 11.3 Å². The summed E-state index contributed by atoms with van der Waals surface area (Å²) >= 11 is 1.59. The number of sulfonamides is 1. The van der Waals surface area contributed by atoms with Gasteiger partial charge in [0.05, 0.1) is 10.7 Å². The van der Waals surface area contributed by atoms with Crippen molar-refractivity contribution in [3.8, 4) is 11.3 Å². The van der Waals surface area contributed by atoms with E-state index in [1.54, 1.807) is 16.2 Å². The van der Waals surface area contributed by atoms with E-state index in [9.17, 15) is 17.6 Å². The molecule has 0 N–H and O–H groups in total. The summed E-state index contributed by atoms with van der Waals surface area (Å²) in [5, 5.41) is 3.00. The van der Waals surface area contributed by atoms with Crippen LogP contribution in [0.2, 0.25) is 0 Å². The Morgan fingerprint density at radius 1 is 1.12 bits per heavy atom. The molecule has 7 nitrogen and oxygen atoms in total.